The van der Waals surface area contributed by atoms with Crippen LogP contribution >= 0.6 is 0 Å². The molecule has 2 N–H and O–H groups in total. The van der Waals surface area contributed by atoms with Crippen molar-refractivity contribution in [3.8, 4) is 5.69 Å². The Bertz CT molecular complexity index is 1020. The Morgan fingerprint density at radius 1 is 1.03 bits per heavy atom. The summed E-state index contributed by atoms with van der Waals surface area (Å²) in [5.74, 6) is -1.39. The zero-order valence-electron chi connectivity index (χ0n) is 16.0. The Hall–Kier alpha value is -3.27. The Kier molecular flexibility index (Phi) is 6.69. The van der Waals surface area contributed by atoms with Crippen molar-refractivity contribution in [1.29, 1.82) is 0 Å². The zero-order valence-corrected chi connectivity index (χ0v) is 16.0. The van der Waals surface area contributed by atoms with Gasteiger partial charge in [0, 0.05) is 13.0 Å². The highest BCUT2D eigenvalue weighted by atomic mass is 19.4. The molecule has 0 saturated heterocycles. The van der Waals surface area contributed by atoms with Crippen molar-refractivity contribution in [3.63, 3.8) is 0 Å². The maximum atomic E-state index is 13.8. The number of nitrogens with one attached hydrogen (secondary N) is 1. The van der Waals surface area contributed by atoms with E-state index in [-0.39, 0.29) is 12.1 Å². The van der Waals surface area contributed by atoms with Gasteiger partial charge in [-0.05, 0) is 17.7 Å². The van der Waals surface area contributed by atoms with Gasteiger partial charge in [0.05, 0.1) is 17.4 Å². The normalized spacial score (nSPS) is 12.7. The number of aromatic nitrogens is 2. The van der Waals surface area contributed by atoms with Crippen molar-refractivity contribution in [2.24, 2.45) is 0 Å². The molecule has 164 valence electrons. The molecule has 0 saturated carbocycles. The van der Waals surface area contributed by atoms with Crippen LogP contribution in [0.4, 0.5) is 22.0 Å². The summed E-state index contributed by atoms with van der Waals surface area (Å²) in [4.78, 5) is 12.5. The molecular formula is C21H18F5N3O2. The van der Waals surface area contributed by atoms with Gasteiger partial charge in [-0.1, -0.05) is 48.5 Å². The van der Waals surface area contributed by atoms with Crippen molar-refractivity contribution in [2.75, 3.05) is 6.54 Å². The number of carbonyl (C=O) groups excluding carboxylic acids is 1. The van der Waals surface area contributed by atoms with Gasteiger partial charge in [0.2, 0.25) is 0 Å². The number of aliphatic hydroxyl groups excluding tert-OH is 1. The summed E-state index contributed by atoms with van der Waals surface area (Å²) in [6, 6.07) is 15.7. The molecular weight excluding hydrogens is 421 g/mol. The fourth-order valence-electron chi connectivity index (χ4n) is 3.08. The van der Waals surface area contributed by atoms with Crippen molar-refractivity contribution < 1.29 is 31.9 Å². The number of amides is 1. The summed E-state index contributed by atoms with van der Waals surface area (Å²) in [5.41, 5.74) is -3.47. The van der Waals surface area contributed by atoms with Gasteiger partial charge in [-0.2, -0.15) is 18.3 Å². The van der Waals surface area contributed by atoms with Gasteiger partial charge in [-0.15, -0.1) is 0 Å². The summed E-state index contributed by atoms with van der Waals surface area (Å²) in [5, 5.41) is 15.5. The molecule has 0 spiro atoms. The van der Waals surface area contributed by atoms with Gasteiger partial charge in [0.15, 0.2) is 5.69 Å². The molecule has 3 rings (SSSR count). The smallest absolute Gasteiger partial charge is 0.391 e. The first-order valence-electron chi connectivity index (χ1n) is 9.22. The van der Waals surface area contributed by atoms with E-state index in [1.165, 1.54) is 24.3 Å². The zero-order chi connectivity index (χ0) is 22.6. The minimum Gasteiger partial charge on any atom is -0.391 e. The molecule has 3 aromatic rings. The average molecular weight is 439 g/mol. The second-order valence-corrected chi connectivity index (χ2v) is 6.71. The third-order valence-electron chi connectivity index (χ3n) is 4.44. The number of benzene rings is 2. The fourth-order valence-corrected chi connectivity index (χ4v) is 3.08. The Morgan fingerprint density at radius 2 is 1.61 bits per heavy atom. The van der Waals surface area contributed by atoms with Crippen molar-refractivity contribution in [2.45, 2.75) is 25.1 Å². The molecule has 1 aromatic heterocycles. The number of halogens is 5. The lowest BCUT2D eigenvalue weighted by Gasteiger charge is -2.13. The van der Waals surface area contributed by atoms with E-state index in [0.29, 0.717) is 4.68 Å². The van der Waals surface area contributed by atoms with Crippen LogP contribution in [0.25, 0.3) is 5.69 Å². The average Bonchev–Trinajstić information content (AvgIpc) is 3.15. The van der Waals surface area contributed by atoms with E-state index < -0.39 is 48.1 Å². The summed E-state index contributed by atoms with van der Waals surface area (Å²) in [7, 11) is 0. The first kappa shape index (κ1) is 22.4. The van der Waals surface area contributed by atoms with Crippen LogP contribution in [-0.4, -0.2) is 33.4 Å². The van der Waals surface area contributed by atoms with E-state index in [2.05, 4.69) is 10.4 Å². The second kappa shape index (κ2) is 9.25. The highest BCUT2D eigenvalue weighted by Gasteiger charge is 2.43. The SMILES string of the molecule is O=C(NCC(O)Cc1ccccc1)c1c(C(F)(F)F)nn(-c2ccccc2)c1C(F)F. The second-order valence-electron chi connectivity index (χ2n) is 6.71. The summed E-state index contributed by atoms with van der Waals surface area (Å²) >= 11 is 0. The lowest BCUT2D eigenvalue weighted by Crippen LogP contribution is -2.34. The van der Waals surface area contributed by atoms with E-state index >= 15 is 0 Å². The number of hydrogen-bond donors (Lipinski definition) is 2. The van der Waals surface area contributed by atoms with Crippen molar-refractivity contribution in [1.82, 2.24) is 15.1 Å². The maximum absolute atomic E-state index is 13.8. The third-order valence-corrected chi connectivity index (χ3v) is 4.44. The molecule has 0 bridgehead atoms. The molecule has 0 radical (unpaired) electrons. The molecule has 1 amide bonds. The van der Waals surface area contributed by atoms with Gasteiger partial charge in [-0.25, -0.2) is 13.5 Å². The van der Waals surface area contributed by atoms with Crippen molar-refractivity contribution in [3.05, 3.63) is 83.2 Å². The number of alkyl halides is 5. The van der Waals surface area contributed by atoms with Gasteiger partial charge < -0.3 is 10.4 Å². The molecule has 1 atom stereocenters. The molecule has 31 heavy (non-hydrogen) atoms. The van der Waals surface area contributed by atoms with Gasteiger partial charge in [0.1, 0.15) is 5.69 Å². The Balaban J connectivity index is 1.91. The topological polar surface area (TPSA) is 67.2 Å². The fraction of sp³-hybridized carbons (Fsp3) is 0.238. The summed E-state index contributed by atoms with van der Waals surface area (Å²) < 4.78 is 68.5. The van der Waals surface area contributed by atoms with Crippen LogP contribution in [0.15, 0.2) is 60.7 Å². The van der Waals surface area contributed by atoms with Crippen LogP contribution in [0.3, 0.4) is 0 Å². The number of carbonyl (C=O) groups is 1. The number of para-hydroxylation sites is 1. The van der Waals surface area contributed by atoms with E-state index in [9.17, 15) is 31.9 Å². The molecule has 1 unspecified atom stereocenters. The number of hydrogen-bond acceptors (Lipinski definition) is 3. The predicted octanol–water partition coefficient (Wildman–Crippen LogP) is 4.16. The highest BCUT2D eigenvalue weighted by molar-refractivity contribution is 5.97. The van der Waals surface area contributed by atoms with E-state index in [1.807, 2.05) is 0 Å². The van der Waals surface area contributed by atoms with Gasteiger partial charge in [0.25, 0.3) is 12.3 Å². The van der Waals surface area contributed by atoms with Crippen LogP contribution in [0.5, 0.6) is 0 Å². The third kappa shape index (κ3) is 5.26. The van der Waals surface area contributed by atoms with Crippen LogP contribution < -0.4 is 5.32 Å². The van der Waals surface area contributed by atoms with Crippen LogP contribution in [0, 0.1) is 0 Å². The van der Waals surface area contributed by atoms with Crippen LogP contribution in [-0.2, 0) is 12.6 Å². The largest absolute Gasteiger partial charge is 0.436 e. The van der Waals surface area contributed by atoms with Crippen LogP contribution in [0.2, 0.25) is 0 Å². The molecule has 2 aromatic carbocycles. The summed E-state index contributed by atoms with van der Waals surface area (Å²) in [6.45, 7) is -0.426. The van der Waals surface area contributed by atoms with Crippen molar-refractivity contribution >= 4 is 5.91 Å². The minimum atomic E-state index is -5.14. The molecule has 0 aliphatic carbocycles. The number of rotatable bonds is 7. The van der Waals surface area contributed by atoms with E-state index in [1.54, 1.807) is 36.4 Å². The molecule has 10 heteroatoms. The monoisotopic (exact) mass is 439 g/mol. The molecule has 0 aliphatic rings. The Labute approximate surface area is 174 Å². The lowest BCUT2D eigenvalue weighted by molar-refractivity contribution is -0.141. The Morgan fingerprint density at radius 3 is 2.16 bits per heavy atom. The molecule has 5 nitrogen and oxygen atoms in total. The maximum Gasteiger partial charge on any atom is 0.436 e. The quantitative estimate of drug-likeness (QED) is 0.544. The lowest BCUT2D eigenvalue weighted by atomic mass is 10.1. The van der Waals surface area contributed by atoms with Gasteiger partial charge in [-0.3, -0.25) is 4.79 Å². The first-order chi connectivity index (χ1) is 14.7. The minimum absolute atomic E-state index is 0.0496. The molecule has 1 heterocycles. The van der Waals surface area contributed by atoms with E-state index in [0.717, 1.165) is 5.56 Å². The first-order valence-corrected chi connectivity index (χ1v) is 9.22. The highest BCUT2D eigenvalue weighted by Crippen LogP contribution is 2.37. The standard InChI is InChI=1S/C21H18F5N3O2/c22-19(23)17-16(20(31)27-12-15(30)11-13-7-3-1-4-8-13)18(21(24,25)26)28-29(17)14-9-5-2-6-10-14/h1-10,15,19,30H,11-12H2,(H,27,31). The predicted molar refractivity (Wildman–Crippen MR) is 102 cm³/mol. The number of aliphatic hydroxyl groups is 1. The molecule has 0 aliphatic heterocycles. The van der Waals surface area contributed by atoms with Crippen LogP contribution in [0.1, 0.15) is 33.7 Å². The summed E-state index contributed by atoms with van der Waals surface area (Å²) in [6.07, 6.45) is -9.55. The van der Waals surface area contributed by atoms with Gasteiger partial charge >= 0.3 is 6.18 Å². The molecule has 0 fully saturated rings. The van der Waals surface area contributed by atoms with E-state index in [4.69, 9.17) is 0 Å². The number of nitrogens with zero attached hydrogens (tertiary/aromatic N) is 2.